The molecule has 0 heterocycles. The lowest BCUT2D eigenvalue weighted by Gasteiger charge is -2.26. The maximum Gasteiger partial charge on any atom is 0.0264 e. The van der Waals surface area contributed by atoms with E-state index in [0.29, 0.717) is 11.2 Å². The van der Waals surface area contributed by atoms with E-state index in [9.17, 15) is 0 Å². The Hall–Kier alpha value is -0.170. The SMILES string of the molecule is C=C(C)C1CCC(C)=CC1S. The first-order valence-electron chi connectivity index (χ1n) is 4.12. The average molecular weight is 168 g/mol. The summed E-state index contributed by atoms with van der Waals surface area (Å²) in [7, 11) is 0. The zero-order valence-electron chi connectivity index (χ0n) is 7.30. The van der Waals surface area contributed by atoms with Gasteiger partial charge in [0.1, 0.15) is 0 Å². The Labute approximate surface area is 74.8 Å². The first kappa shape index (κ1) is 8.92. The monoisotopic (exact) mass is 168 g/mol. The number of allylic oxidation sites excluding steroid dienone is 2. The fraction of sp³-hybridized carbons (Fsp3) is 0.600. The van der Waals surface area contributed by atoms with Crippen LogP contribution < -0.4 is 0 Å². The molecule has 2 unspecified atom stereocenters. The predicted molar refractivity (Wildman–Crippen MR) is 54.1 cm³/mol. The average Bonchev–Trinajstić information content (AvgIpc) is 1.85. The number of hydrogen-bond acceptors (Lipinski definition) is 1. The number of rotatable bonds is 1. The summed E-state index contributed by atoms with van der Waals surface area (Å²) in [6.07, 6.45) is 4.70. The lowest BCUT2D eigenvalue weighted by molar-refractivity contribution is 0.553. The first-order chi connectivity index (χ1) is 5.11. The van der Waals surface area contributed by atoms with Crippen LogP contribution in [0, 0.1) is 5.92 Å². The Morgan fingerprint density at radius 3 is 2.82 bits per heavy atom. The van der Waals surface area contributed by atoms with Crippen molar-refractivity contribution in [3.8, 4) is 0 Å². The van der Waals surface area contributed by atoms with E-state index < -0.39 is 0 Å². The summed E-state index contributed by atoms with van der Waals surface area (Å²) in [5.41, 5.74) is 2.75. The summed E-state index contributed by atoms with van der Waals surface area (Å²) < 4.78 is 0. The summed E-state index contributed by atoms with van der Waals surface area (Å²) in [4.78, 5) is 0. The van der Waals surface area contributed by atoms with Crippen LogP contribution in [0.25, 0.3) is 0 Å². The van der Waals surface area contributed by atoms with Gasteiger partial charge in [0.25, 0.3) is 0 Å². The minimum atomic E-state index is 0.404. The minimum Gasteiger partial charge on any atom is -0.171 e. The van der Waals surface area contributed by atoms with Crippen LogP contribution >= 0.6 is 12.6 Å². The Bertz CT molecular complexity index is 191. The number of thiol groups is 1. The van der Waals surface area contributed by atoms with Crippen LogP contribution in [-0.4, -0.2) is 5.25 Å². The van der Waals surface area contributed by atoms with Crippen molar-refractivity contribution in [2.75, 3.05) is 0 Å². The number of hydrogen-bond donors (Lipinski definition) is 1. The molecule has 1 aliphatic rings. The standard InChI is InChI=1S/C10H16S/c1-7(2)9-5-4-8(3)6-10(9)11/h6,9-11H,1,4-5H2,2-3H3. The summed E-state index contributed by atoms with van der Waals surface area (Å²) in [6.45, 7) is 8.25. The van der Waals surface area contributed by atoms with Crippen molar-refractivity contribution < 1.29 is 0 Å². The molecule has 0 saturated carbocycles. The van der Waals surface area contributed by atoms with Gasteiger partial charge in [-0.15, -0.1) is 0 Å². The molecule has 0 N–H and O–H groups in total. The summed E-state index contributed by atoms with van der Waals surface area (Å²) in [5, 5.41) is 0.404. The second kappa shape index (κ2) is 3.48. The topological polar surface area (TPSA) is 0 Å². The minimum absolute atomic E-state index is 0.404. The van der Waals surface area contributed by atoms with E-state index in [2.05, 4.69) is 39.1 Å². The van der Waals surface area contributed by atoms with Gasteiger partial charge in [-0.1, -0.05) is 23.8 Å². The lowest BCUT2D eigenvalue weighted by Crippen LogP contribution is -2.18. The third-order valence-corrected chi connectivity index (χ3v) is 2.86. The van der Waals surface area contributed by atoms with Crippen molar-refractivity contribution in [3.05, 3.63) is 23.8 Å². The smallest absolute Gasteiger partial charge is 0.0264 e. The molecule has 0 saturated heterocycles. The predicted octanol–water partition coefficient (Wildman–Crippen LogP) is 3.22. The van der Waals surface area contributed by atoms with Crippen LogP contribution in [0.1, 0.15) is 26.7 Å². The zero-order chi connectivity index (χ0) is 8.43. The highest BCUT2D eigenvalue weighted by Crippen LogP contribution is 2.31. The Morgan fingerprint density at radius 2 is 2.36 bits per heavy atom. The molecular formula is C10H16S. The van der Waals surface area contributed by atoms with Crippen LogP contribution in [0.3, 0.4) is 0 Å². The first-order valence-corrected chi connectivity index (χ1v) is 4.63. The van der Waals surface area contributed by atoms with Gasteiger partial charge in [-0.25, -0.2) is 0 Å². The maximum atomic E-state index is 4.52. The third kappa shape index (κ3) is 2.13. The fourth-order valence-electron chi connectivity index (χ4n) is 1.58. The Balaban J connectivity index is 2.68. The molecule has 0 spiro atoms. The van der Waals surface area contributed by atoms with Crippen molar-refractivity contribution in [3.63, 3.8) is 0 Å². The van der Waals surface area contributed by atoms with E-state index in [1.165, 1.54) is 24.0 Å². The van der Waals surface area contributed by atoms with Gasteiger partial charge in [0.05, 0.1) is 0 Å². The van der Waals surface area contributed by atoms with Gasteiger partial charge in [-0.2, -0.15) is 12.6 Å². The van der Waals surface area contributed by atoms with Gasteiger partial charge in [-0.05, 0) is 32.6 Å². The van der Waals surface area contributed by atoms with Gasteiger partial charge >= 0.3 is 0 Å². The van der Waals surface area contributed by atoms with Gasteiger partial charge in [0.15, 0.2) is 0 Å². The van der Waals surface area contributed by atoms with Gasteiger partial charge in [-0.3, -0.25) is 0 Å². The Kier molecular flexibility index (Phi) is 2.83. The highest BCUT2D eigenvalue weighted by molar-refractivity contribution is 7.81. The van der Waals surface area contributed by atoms with Crippen molar-refractivity contribution in [2.24, 2.45) is 5.92 Å². The molecule has 0 aromatic carbocycles. The fourth-order valence-corrected chi connectivity index (χ4v) is 2.24. The summed E-state index contributed by atoms with van der Waals surface area (Å²) in [6, 6.07) is 0. The molecular weight excluding hydrogens is 152 g/mol. The normalized spacial score (nSPS) is 31.4. The molecule has 2 atom stereocenters. The molecule has 0 fully saturated rings. The molecule has 0 radical (unpaired) electrons. The lowest BCUT2D eigenvalue weighted by atomic mass is 9.85. The third-order valence-electron chi connectivity index (χ3n) is 2.35. The molecule has 0 amide bonds. The van der Waals surface area contributed by atoms with E-state index in [-0.39, 0.29) is 0 Å². The molecule has 11 heavy (non-hydrogen) atoms. The largest absolute Gasteiger partial charge is 0.171 e. The second-order valence-electron chi connectivity index (χ2n) is 3.50. The molecule has 0 aromatic heterocycles. The molecule has 0 aromatic rings. The van der Waals surface area contributed by atoms with Crippen LogP contribution in [0.4, 0.5) is 0 Å². The van der Waals surface area contributed by atoms with E-state index in [0.717, 1.165) is 0 Å². The molecule has 1 heteroatoms. The molecule has 1 aliphatic carbocycles. The summed E-state index contributed by atoms with van der Waals surface area (Å²) >= 11 is 4.52. The van der Waals surface area contributed by atoms with E-state index in [1.807, 2.05) is 0 Å². The van der Waals surface area contributed by atoms with Crippen LogP contribution in [0.5, 0.6) is 0 Å². The molecule has 0 bridgehead atoms. The highest BCUT2D eigenvalue weighted by Gasteiger charge is 2.20. The van der Waals surface area contributed by atoms with Crippen LogP contribution in [0.2, 0.25) is 0 Å². The summed E-state index contributed by atoms with van der Waals surface area (Å²) in [5.74, 6) is 0.599. The van der Waals surface area contributed by atoms with E-state index in [1.54, 1.807) is 0 Å². The highest BCUT2D eigenvalue weighted by atomic mass is 32.1. The maximum absolute atomic E-state index is 4.52. The van der Waals surface area contributed by atoms with Gasteiger partial charge in [0.2, 0.25) is 0 Å². The van der Waals surface area contributed by atoms with Crippen LogP contribution in [0.15, 0.2) is 23.8 Å². The van der Waals surface area contributed by atoms with Crippen molar-refractivity contribution >= 4 is 12.6 Å². The Morgan fingerprint density at radius 1 is 1.73 bits per heavy atom. The van der Waals surface area contributed by atoms with Crippen molar-refractivity contribution in [1.29, 1.82) is 0 Å². The molecule has 62 valence electrons. The van der Waals surface area contributed by atoms with E-state index >= 15 is 0 Å². The van der Waals surface area contributed by atoms with Crippen molar-refractivity contribution in [1.82, 2.24) is 0 Å². The van der Waals surface area contributed by atoms with Crippen molar-refractivity contribution in [2.45, 2.75) is 31.9 Å². The zero-order valence-corrected chi connectivity index (χ0v) is 8.20. The van der Waals surface area contributed by atoms with Gasteiger partial charge in [0, 0.05) is 5.25 Å². The second-order valence-corrected chi connectivity index (χ2v) is 4.09. The quantitative estimate of drug-likeness (QED) is 0.451. The molecule has 0 aliphatic heterocycles. The van der Waals surface area contributed by atoms with Gasteiger partial charge < -0.3 is 0 Å². The molecule has 1 rings (SSSR count). The van der Waals surface area contributed by atoms with Crippen LogP contribution in [-0.2, 0) is 0 Å². The van der Waals surface area contributed by atoms with E-state index in [4.69, 9.17) is 0 Å². The molecule has 0 nitrogen and oxygen atoms in total.